The van der Waals surface area contributed by atoms with Crippen LogP contribution in [0.15, 0.2) is 11.6 Å². The Morgan fingerprint density at radius 2 is 1.94 bits per heavy atom. The van der Waals surface area contributed by atoms with Gasteiger partial charge in [0.2, 0.25) is 0 Å². The summed E-state index contributed by atoms with van der Waals surface area (Å²) in [6.07, 6.45) is 2.88. The molecule has 0 saturated heterocycles. The lowest BCUT2D eigenvalue weighted by molar-refractivity contribution is -0.163. The molecule has 0 amide bonds. The van der Waals surface area contributed by atoms with Gasteiger partial charge in [-0.1, -0.05) is 6.08 Å². The van der Waals surface area contributed by atoms with Crippen LogP contribution in [-0.4, -0.2) is 25.2 Å². The first kappa shape index (κ1) is 14.2. The van der Waals surface area contributed by atoms with Crippen LogP contribution >= 0.6 is 0 Å². The van der Waals surface area contributed by atoms with Gasteiger partial charge < -0.3 is 9.47 Å². The van der Waals surface area contributed by atoms with E-state index < -0.39 is 17.9 Å². The minimum atomic E-state index is -0.948. The first-order valence-electron chi connectivity index (χ1n) is 6.08. The number of carbonyl (C=O) groups is 2. The number of carbonyl (C=O) groups excluding carboxylic acids is 2. The van der Waals surface area contributed by atoms with Gasteiger partial charge in [-0.15, -0.1) is 0 Å². The van der Waals surface area contributed by atoms with Crippen molar-refractivity contribution in [2.24, 2.45) is 11.8 Å². The van der Waals surface area contributed by atoms with Gasteiger partial charge in [0, 0.05) is 11.5 Å². The highest BCUT2D eigenvalue weighted by Crippen LogP contribution is 2.31. The van der Waals surface area contributed by atoms with E-state index in [1.54, 1.807) is 19.9 Å². The van der Waals surface area contributed by atoms with Crippen molar-refractivity contribution in [3.63, 3.8) is 0 Å². The van der Waals surface area contributed by atoms with Gasteiger partial charge in [0.1, 0.15) is 0 Å². The van der Waals surface area contributed by atoms with Crippen molar-refractivity contribution in [1.29, 1.82) is 5.26 Å². The van der Waals surface area contributed by atoms with Gasteiger partial charge in [-0.25, -0.2) is 0 Å². The summed E-state index contributed by atoms with van der Waals surface area (Å²) in [5.41, 5.74) is 0.610. The largest absolute Gasteiger partial charge is 0.465 e. The summed E-state index contributed by atoms with van der Waals surface area (Å²) in [5.74, 6) is -2.39. The second-order valence-electron chi connectivity index (χ2n) is 3.99. The summed E-state index contributed by atoms with van der Waals surface area (Å²) in [6.45, 7) is 3.81. The van der Waals surface area contributed by atoms with Crippen LogP contribution < -0.4 is 0 Å². The molecular weight excluding hydrogens is 234 g/mol. The molecule has 0 bridgehead atoms. The minimum absolute atomic E-state index is 0.219. The average Bonchev–Trinajstić information content (AvgIpc) is 2.78. The normalized spacial score (nSPS) is 18.1. The van der Waals surface area contributed by atoms with E-state index in [0.29, 0.717) is 18.4 Å². The van der Waals surface area contributed by atoms with E-state index in [9.17, 15) is 9.59 Å². The smallest absolute Gasteiger partial charge is 0.320 e. The Balaban J connectivity index is 2.85. The third kappa shape index (κ3) is 3.33. The first-order valence-corrected chi connectivity index (χ1v) is 6.08. The SMILES string of the molecule is CCOC(=O)C(C(=O)OCC)C1C=C(C#N)CC1. The Kier molecular flexibility index (Phi) is 5.37. The van der Waals surface area contributed by atoms with Crippen molar-refractivity contribution in [3.05, 3.63) is 11.6 Å². The summed E-state index contributed by atoms with van der Waals surface area (Å²) < 4.78 is 9.80. The zero-order valence-corrected chi connectivity index (χ0v) is 10.6. The van der Waals surface area contributed by atoms with E-state index in [2.05, 4.69) is 0 Å². The quantitative estimate of drug-likeness (QED) is 0.547. The molecule has 1 aliphatic carbocycles. The molecule has 1 rings (SSSR count). The van der Waals surface area contributed by atoms with Gasteiger partial charge in [-0.3, -0.25) is 9.59 Å². The van der Waals surface area contributed by atoms with Gasteiger partial charge in [0.15, 0.2) is 5.92 Å². The maximum Gasteiger partial charge on any atom is 0.320 e. The number of nitrogens with zero attached hydrogens (tertiary/aromatic N) is 1. The molecule has 5 heteroatoms. The molecule has 0 heterocycles. The number of allylic oxidation sites excluding steroid dienone is 2. The van der Waals surface area contributed by atoms with Crippen LogP contribution in [0.3, 0.4) is 0 Å². The third-order valence-corrected chi connectivity index (χ3v) is 2.82. The molecule has 98 valence electrons. The van der Waals surface area contributed by atoms with Crippen molar-refractivity contribution in [3.8, 4) is 6.07 Å². The van der Waals surface area contributed by atoms with Gasteiger partial charge in [-0.2, -0.15) is 5.26 Å². The Bertz CT molecular complexity index is 376. The van der Waals surface area contributed by atoms with Gasteiger partial charge in [0.05, 0.1) is 19.3 Å². The van der Waals surface area contributed by atoms with Gasteiger partial charge in [-0.05, 0) is 26.7 Å². The van der Waals surface area contributed by atoms with Crippen LogP contribution in [0.1, 0.15) is 26.7 Å². The number of hydrogen-bond donors (Lipinski definition) is 0. The molecule has 1 aliphatic rings. The van der Waals surface area contributed by atoms with Crippen LogP contribution in [0.5, 0.6) is 0 Å². The highest BCUT2D eigenvalue weighted by Gasteiger charge is 2.38. The first-order chi connectivity index (χ1) is 8.63. The van der Waals surface area contributed by atoms with Crippen LogP contribution in [0.2, 0.25) is 0 Å². The topological polar surface area (TPSA) is 76.4 Å². The van der Waals surface area contributed by atoms with Crippen LogP contribution in [0.4, 0.5) is 0 Å². The number of ether oxygens (including phenoxy) is 2. The van der Waals surface area contributed by atoms with E-state index in [-0.39, 0.29) is 19.1 Å². The predicted octanol–water partition coefficient (Wildman–Crippen LogP) is 1.59. The fraction of sp³-hybridized carbons (Fsp3) is 0.615. The summed E-state index contributed by atoms with van der Waals surface area (Å²) in [6, 6.07) is 2.05. The summed E-state index contributed by atoms with van der Waals surface area (Å²) in [5, 5.41) is 8.80. The van der Waals surface area contributed by atoms with Crippen molar-refractivity contribution in [2.75, 3.05) is 13.2 Å². The fourth-order valence-electron chi connectivity index (χ4n) is 2.01. The number of nitriles is 1. The van der Waals surface area contributed by atoms with Gasteiger partial charge >= 0.3 is 11.9 Å². The molecule has 0 spiro atoms. The van der Waals surface area contributed by atoms with E-state index in [1.165, 1.54) is 0 Å². The zero-order chi connectivity index (χ0) is 13.5. The summed E-state index contributed by atoms with van der Waals surface area (Å²) >= 11 is 0. The highest BCUT2D eigenvalue weighted by molar-refractivity contribution is 5.95. The number of rotatable bonds is 5. The van der Waals surface area contributed by atoms with E-state index in [4.69, 9.17) is 14.7 Å². The maximum atomic E-state index is 11.8. The van der Waals surface area contributed by atoms with E-state index >= 15 is 0 Å². The maximum absolute atomic E-state index is 11.8. The monoisotopic (exact) mass is 251 g/mol. The lowest BCUT2D eigenvalue weighted by atomic mass is 9.92. The van der Waals surface area contributed by atoms with Crippen LogP contribution in [0, 0.1) is 23.2 Å². The molecule has 5 nitrogen and oxygen atoms in total. The third-order valence-electron chi connectivity index (χ3n) is 2.82. The summed E-state index contributed by atoms with van der Waals surface area (Å²) in [4.78, 5) is 23.6. The van der Waals surface area contributed by atoms with E-state index in [1.807, 2.05) is 6.07 Å². The molecule has 0 aliphatic heterocycles. The number of esters is 2. The van der Waals surface area contributed by atoms with Crippen LogP contribution in [-0.2, 0) is 19.1 Å². The van der Waals surface area contributed by atoms with Crippen LogP contribution in [0.25, 0.3) is 0 Å². The highest BCUT2D eigenvalue weighted by atomic mass is 16.6. The predicted molar refractivity (Wildman–Crippen MR) is 63.2 cm³/mol. The Morgan fingerprint density at radius 3 is 2.33 bits per heavy atom. The molecule has 0 aromatic carbocycles. The van der Waals surface area contributed by atoms with Crippen molar-refractivity contribution in [2.45, 2.75) is 26.7 Å². The molecule has 0 aromatic rings. The Morgan fingerprint density at radius 1 is 1.39 bits per heavy atom. The second-order valence-corrected chi connectivity index (χ2v) is 3.99. The molecular formula is C13H17NO4. The molecule has 18 heavy (non-hydrogen) atoms. The lowest BCUT2D eigenvalue weighted by Crippen LogP contribution is -2.33. The number of hydrogen-bond acceptors (Lipinski definition) is 5. The average molecular weight is 251 g/mol. The molecule has 0 aromatic heterocycles. The Hall–Kier alpha value is -1.83. The molecule has 0 fully saturated rings. The van der Waals surface area contributed by atoms with Crippen molar-refractivity contribution in [1.82, 2.24) is 0 Å². The Labute approximate surface area is 106 Å². The van der Waals surface area contributed by atoms with Crippen molar-refractivity contribution >= 4 is 11.9 Å². The molecule has 0 saturated carbocycles. The molecule has 1 atom stereocenters. The lowest BCUT2D eigenvalue weighted by Gasteiger charge is -2.18. The molecule has 0 radical (unpaired) electrons. The molecule has 0 N–H and O–H groups in total. The van der Waals surface area contributed by atoms with Crippen molar-refractivity contribution < 1.29 is 19.1 Å². The summed E-state index contributed by atoms with van der Waals surface area (Å²) in [7, 11) is 0. The minimum Gasteiger partial charge on any atom is -0.465 e. The second kappa shape index (κ2) is 6.80. The molecule has 1 unspecified atom stereocenters. The van der Waals surface area contributed by atoms with Gasteiger partial charge in [0.25, 0.3) is 0 Å². The fourth-order valence-corrected chi connectivity index (χ4v) is 2.01. The standard InChI is InChI=1S/C13H17NO4/c1-3-17-12(15)11(13(16)18-4-2)10-6-5-9(7-10)8-14/h7,10-11H,3-6H2,1-2H3. The zero-order valence-electron chi connectivity index (χ0n) is 10.6. The van der Waals surface area contributed by atoms with E-state index in [0.717, 1.165) is 0 Å².